The molecule has 1 N–H and O–H groups in total. The van der Waals surface area contributed by atoms with Gasteiger partial charge < -0.3 is 14.8 Å². The van der Waals surface area contributed by atoms with Crippen molar-refractivity contribution in [3.63, 3.8) is 0 Å². The van der Waals surface area contributed by atoms with Crippen LogP contribution in [0.5, 0.6) is 5.75 Å². The zero-order valence-electron chi connectivity index (χ0n) is 14.1. The number of nitro groups is 1. The van der Waals surface area contributed by atoms with Crippen molar-refractivity contribution in [1.82, 2.24) is 5.32 Å². The average Bonchev–Trinajstić information content (AvgIpc) is 2.60. The van der Waals surface area contributed by atoms with E-state index in [1.807, 2.05) is 30.3 Å². The standard InChI is InChI=1S/C18H18N2O6/c1-13(21)19-15(11-14-5-3-2-4-6-14)12-25-18(22)26-17-9-7-16(8-10-17)20(23)24/h2-10,15H,11-12H2,1H3,(H,19,21)/t15-/m0/s1. The smallest absolute Gasteiger partial charge is 0.432 e. The second-order valence-electron chi connectivity index (χ2n) is 5.50. The van der Waals surface area contributed by atoms with Crippen LogP contribution in [-0.2, 0) is 16.0 Å². The zero-order chi connectivity index (χ0) is 18.9. The van der Waals surface area contributed by atoms with Crippen molar-refractivity contribution in [1.29, 1.82) is 0 Å². The maximum atomic E-state index is 11.8. The van der Waals surface area contributed by atoms with Crippen molar-refractivity contribution in [2.24, 2.45) is 0 Å². The summed E-state index contributed by atoms with van der Waals surface area (Å²) in [5.41, 5.74) is 0.873. The van der Waals surface area contributed by atoms with Crippen LogP contribution < -0.4 is 10.1 Å². The van der Waals surface area contributed by atoms with E-state index in [1.54, 1.807) is 0 Å². The third-order valence-electron chi connectivity index (χ3n) is 3.38. The minimum atomic E-state index is -0.956. The van der Waals surface area contributed by atoms with Gasteiger partial charge >= 0.3 is 6.16 Å². The second kappa shape index (κ2) is 9.16. The minimum Gasteiger partial charge on any atom is -0.432 e. The number of non-ortho nitro benzene ring substituents is 1. The van der Waals surface area contributed by atoms with Gasteiger partial charge in [-0.15, -0.1) is 0 Å². The van der Waals surface area contributed by atoms with Crippen molar-refractivity contribution in [3.05, 3.63) is 70.3 Å². The van der Waals surface area contributed by atoms with Gasteiger partial charge in [0.25, 0.3) is 5.69 Å². The Kier molecular flexibility index (Phi) is 6.67. The van der Waals surface area contributed by atoms with Gasteiger partial charge in [0.15, 0.2) is 0 Å². The highest BCUT2D eigenvalue weighted by atomic mass is 16.7. The van der Waals surface area contributed by atoms with Gasteiger partial charge in [0, 0.05) is 19.1 Å². The van der Waals surface area contributed by atoms with Gasteiger partial charge in [0.2, 0.25) is 5.91 Å². The topological polar surface area (TPSA) is 108 Å². The predicted molar refractivity (Wildman–Crippen MR) is 92.8 cm³/mol. The van der Waals surface area contributed by atoms with Crippen LogP contribution in [-0.4, -0.2) is 29.6 Å². The van der Waals surface area contributed by atoms with E-state index >= 15 is 0 Å². The van der Waals surface area contributed by atoms with Crippen molar-refractivity contribution in [2.45, 2.75) is 19.4 Å². The molecule has 1 amide bonds. The molecule has 26 heavy (non-hydrogen) atoms. The SMILES string of the molecule is CC(=O)N[C@H](COC(=O)Oc1ccc([N+](=O)[O-])cc1)Cc1ccccc1. The van der Waals surface area contributed by atoms with E-state index in [4.69, 9.17) is 9.47 Å². The van der Waals surface area contributed by atoms with Crippen LogP contribution in [0.1, 0.15) is 12.5 Å². The Morgan fingerprint density at radius 1 is 1.12 bits per heavy atom. The Hall–Kier alpha value is -3.42. The quantitative estimate of drug-likeness (QED) is 0.353. The fraction of sp³-hybridized carbons (Fsp3) is 0.222. The summed E-state index contributed by atoms with van der Waals surface area (Å²) in [6.07, 6.45) is -0.465. The molecule has 0 aliphatic rings. The normalized spacial score (nSPS) is 11.3. The molecule has 0 saturated carbocycles. The molecule has 2 aromatic rings. The molecule has 0 aromatic heterocycles. The molecule has 0 aliphatic heterocycles. The number of carbonyl (C=O) groups is 2. The Morgan fingerprint density at radius 2 is 1.77 bits per heavy atom. The van der Waals surface area contributed by atoms with Crippen LogP contribution in [0.15, 0.2) is 54.6 Å². The van der Waals surface area contributed by atoms with Crippen LogP contribution in [0, 0.1) is 10.1 Å². The van der Waals surface area contributed by atoms with E-state index in [0.29, 0.717) is 6.42 Å². The summed E-state index contributed by atoms with van der Waals surface area (Å²) in [5, 5.41) is 13.3. The number of nitrogens with zero attached hydrogens (tertiary/aromatic N) is 1. The molecule has 2 aromatic carbocycles. The molecule has 0 saturated heterocycles. The molecule has 136 valence electrons. The molecule has 0 unspecified atom stereocenters. The summed E-state index contributed by atoms with van der Waals surface area (Å²) in [6, 6.07) is 14.1. The van der Waals surface area contributed by atoms with Gasteiger partial charge in [-0.25, -0.2) is 4.79 Å². The monoisotopic (exact) mass is 358 g/mol. The maximum absolute atomic E-state index is 11.8. The molecule has 2 rings (SSSR count). The van der Waals surface area contributed by atoms with Crippen LogP contribution >= 0.6 is 0 Å². The van der Waals surface area contributed by atoms with Crippen molar-refractivity contribution in [3.8, 4) is 5.75 Å². The highest BCUT2D eigenvalue weighted by Gasteiger charge is 2.15. The molecule has 0 aliphatic carbocycles. The lowest BCUT2D eigenvalue weighted by Gasteiger charge is -2.17. The third kappa shape index (κ3) is 6.23. The highest BCUT2D eigenvalue weighted by Crippen LogP contribution is 2.17. The fourth-order valence-electron chi connectivity index (χ4n) is 2.27. The second-order valence-corrected chi connectivity index (χ2v) is 5.50. The third-order valence-corrected chi connectivity index (χ3v) is 3.38. The number of benzene rings is 2. The molecule has 8 nitrogen and oxygen atoms in total. The van der Waals surface area contributed by atoms with E-state index in [1.165, 1.54) is 31.2 Å². The number of nitrogens with one attached hydrogen (secondary N) is 1. The van der Waals surface area contributed by atoms with E-state index in [9.17, 15) is 19.7 Å². The minimum absolute atomic E-state index is 0.0692. The van der Waals surface area contributed by atoms with Crippen molar-refractivity contribution >= 4 is 17.7 Å². The Morgan fingerprint density at radius 3 is 2.35 bits per heavy atom. The number of hydrogen-bond donors (Lipinski definition) is 1. The molecular weight excluding hydrogens is 340 g/mol. The van der Waals surface area contributed by atoms with E-state index in [0.717, 1.165) is 5.56 Å². The molecular formula is C18H18N2O6. The first-order valence-corrected chi connectivity index (χ1v) is 7.84. The maximum Gasteiger partial charge on any atom is 0.513 e. The number of amides is 1. The first-order chi connectivity index (χ1) is 12.4. The predicted octanol–water partition coefficient (Wildman–Crippen LogP) is 2.86. The van der Waals surface area contributed by atoms with Gasteiger partial charge in [-0.3, -0.25) is 14.9 Å². The van der Waals surface area contributed by atoms with Crippen molar-refractivity contribution < 1.29 is 24.0 Å². The fourth-order valence-corrected chi connectivity index (χ4v) is 2.27. The first-order valence-electron chi connectivity index (χ1n) is 7.84. The van der Waals surface area contributed by atoms with Crippen LogP contribution in [0.4, 0.5) is 10.5 Å². The average molecular weight is 358 g/mol. The molecule has 0 bridgehead atoms. The Bertz CT molecular complexity index is 761. The number of carbonyl (C=O) groups excluding carboxylic acids is 2. The van der Waals surface area contributed by atoms with Crippen LogP contribution in [0.25, 0.3) is 0 Å². The molecule has 1 atom stereocenters. The molecule has 8 heteroatoms. The largest absolute Gasteiger partial charge is 0.513 e. The Labute approximate surface area is 149 Å². The summed E-state index contributed by atoms with van der Waals surface area (Å²) in [5.74, 6) is -0.113. The lowest BCUT2D eigenvalue weighted by molar-refractivity contribution is -0.384. The first kappa shape index (κ1) is 18.9. The lowest BCUT2D eigenvalue weighted by Crippen LogP contribution is -2.39. The van der Waals surface area contributed by atoms with Gasteiger partial charge in [-0.2, -0.15) is 0 Å². The van der Waals surface area contributed by atoms with Gasteiger partial charge in [0.05, 0.1) is 11.0 Å². The highest BCUT2D eigenvalue weighted by molar-refractivity contribution is 5.73. The van der Waals surface area contributed by atoms with Gasteiger partial charge in [-0.1, -0.05) is 30.3 Å². The number of hydrogen-bond acceptors (Lipinski definition) is 6. The zero-order valence-corrected chi connectivity index (χ0v) is 14.1. The van der Waals surface area contributed by atoms with E-state index < -0.39 is 17.1 Å². The summed E-state index contributed by atoms with van der Waals surface area (Å²) < 4.78 is 10.0. The molecule has 0 radical (unpaired) electrons. The summed E-state index contributed by atoms with van der Waals surface area (Å²) in [4.78, 5) is 33.1. The number of rotatable bonds is 7. The van der Waals surface area contributed by atoms with E-state index in [2.05, 4.69) is 5.32 Å². The van der Waals surface area contributed by atoms with Crippen LogP contribution in [0.3, 0.4) is 0 Å². The molecule has 0 fully saturated rings. The molecule has 0 heterocycles. The molecule has 0 spiro atoms. The summed E-state index contributed by atoms with van der Waals surface area (Å²) in [7, 11) is 0. The number of nitro benzene ring substituents is 1. The van der Waals surface area contributed by atoms with E-state index in [-0.39, 0.29) is 24.0 Å². The lowest BCUT2D eigenvalue weighted by atomic mass is 10.1. The number of ether oxygens (including phenoxy) is 2. The summed E-state index contributed by atoms with van der Waals surface area (Å²) in [6.45, 7) is 1.31. The van der Waals surface area contributed by atoms with Crippen molar-refractivity contribution in [2.75, 3.05) is 6.61 Å². The van der Waals surface area contributed by atoms with Gasteiger partial charge in [-0.05, 0) is 24.1 Å². The summed E-state index contributed by atoms with van der Waals surface area (Å²) >= 11 is 0. The van der Waals surface area contributed by atoms with Gasteiger partial charge in [0.1, 0.15) is 12.4 Å². The van der Waals surface area contributed by atoms with Crippen LogP contribution in [0.2, 0.25) is 0 Å². The Balaban J connectivity index is 1.89.